The molecule has 2 N–H and O–H groups in total. The zero-order valence-corrected chi connectivity index (χ0v) is 23.2. The maximum atomic E-state index is 13.7. The molecular weight excluding hydrogens is 507 g/mol. The number of rotatable bonds is 10. The first kappa shape index (κ1) is 28.9. The van der Waals surface area contributed by atoms with Gasteiger partial charge < -0.3 is 25.3 Å². The molecule has 0 radical (unpaired) electrons. The van der Waals surface area contributed by atoms with E-state index in [1.807, 2.05) is 12.1 Å². The Morgan fingerprint density at radius 1 is 1.08 bits per heavy atom. The Balaban J connectivity index is 1.47. The van der Waals surface area contributed by atoms with Crippen LogP contribution in [-0.2, 0) is 11.0 Å². The number of carbonyl (C=O) groups is 1. The van der Waals surface area contributed by atoms with Crippen molar-refractivity contribution in [2.45, 2.75) is 58.5 Å². The fraction of sp³-hybridized carbons (Fsp3) is 0.607. The summed E-state index contributed by atoms with van der Waals surface area (Å²) < 4.78 is 41.1. The number of likely N-dealkylation sites (N-methyl/N-ethyl adjacent to an activating group) is 1. The number of hydrogen-bond acceptors (Lipinski definition) is 7. The van der Waals surface area contributed by atoms with Crippen molar-refractivity contribution in [2.24, 2.45) is 0 Å². The molecule has 0 atom stereocenters. The lowest BCUT2D eigenvalue weighted by atomic mass is 9.99. The van der Waals surface area contributed by atoms with Crippen molar-refractivity contribution >= 4 is 29.0 Å². The molecule has 2 aromatic rings. The van der Waals surface area contributed by atoms with E-state index in [-0.39, 0.29) is 30.1 Å². The topological polar surface area (TPSA) is 76.6 Å². The van der Waals surface area contributed by atoms with Crippen LogP contribution in [0.2, 0.25) is 0 Å². The van der Waals surface area contributed by atoms with Gasteiger partial charge in [-0.1, -0.05) is 20.8 Å². The Morgan fingerprint density at radius 2 is 1.85 bits per heavy atom. The first-order valence-electron chi connectivity index (χ1n) is 14.0. The molecule has 2 saturated heterocycles. The zero-order chi connectivity index (χ0) is 28.0. The molecule has 0 unspecified atom stereocenters. The smallest absolute Gasteiger partial charge is 0.369 e. The summed E-state index contributed by atoms with van der Waals surface area (Å²) in [6, 6.07) is 6.15. The van der Waals surface area contributed by atoms with Crippen LogP contribution in [0.25, 0.3) is 0 Å². The van der Waals surface area contributed by atoms with E-state index in [0.29, 0.717) is 25.9 Å². The number of nitrogens with zero attached hydrogens (tertiary/aromatic N) is 5. The Morgan fingerprint density at radius 3 is 2.51 bits per heavy atom. The van der Waals surface area contributed by atoms with E-state index in [0.717, 1.165) is 68.7 Å². The lowest BCUT2D eigenvalue weighted by molar-refractivity contribution is -0.137. The van der Waals surface area contributed by atoms with E-state index >= 15 is 0 Å². The molecule has 4 rings (SSSR count). The minimum Gasteiger partial charge on any atom is -0.369 e. The Kier molecular flexibility index (Phi) is 9.53. The van der Waals surface area contributed by atoms with Crippen LogP contribution < -0.4 is 15.5 Å². The average Bonchev–Trinajstić information content (AvgIpc) is 2.91. The normalized spacial score (nSPS) is 17.2. The summed E-state index contributed by atoms with van der Waals surface area (Å²) in [5.41, 5.74) is 2.06. The van der Waals surface area contributed by atoms with Gasteiger partial charge in [-0.2, -0.15) is 18.2 Å². The highest BCUT2D eigenvalue weighted by atomic mass is 19.4. The molecule has 39 heavy (non-hydrogen) atoms. The number of anilines is 4. The Bertz CT molecular complexity index is 1120. The SMILES string of the molecule is CCN1CCN(c2ccc(Nc3ncc(C(F)(F)F)c(NCCCN4CCCCC4=O)n3)c(C(C)C)c2)CC1. The molecule has 214 valence electrons. The lowest BCUT2D eigenvalue weighted by Crippen LogP contribution is -2.46. The minimum atomic E-state index is -4.59. The fourth-order valence-electron chi connectivity index (χ4n) is 5.14. The molecule has 0 bridgehead atoms. The quantitative estimate of drug-likeness (QED) is 0.390. The number of nitrogens with one attached hydrogen (secondary N) is 2. The molecule has 11 heteroatoms. The van der Waals surface area contributed by atoms with Crippen molar-refractivity contribution in [1.29, 1.82) is 0 Å². The number of alkyl halides is 3. The Hall–Kier alpha value is -3.08. The number of carbonyl (C=O) groups excluding carboxylic acids is 1. The predicted octanol–water partition coefficient (Wildman–Crippen LogP) is 5.32. The number of aromatic nitrogens is 2. The van der Waals surface area contributed by atoms with Crippen LogP contribution in [0.15, 0.2) is 24.4 Å². The molecule has 8 nitrogen and oxygen atoms in total. The van der Waals surface area contributed by atoms with Crippen molar-refractivity contribution in [3.8, 4) is 0 Å². The molecule has 1 aromatic carbocycles. The number of halogens is 3. The zero-order valence-electron chi connectivity index (χ0n) is 23.2. The van der Waals surface area contributed by atoms with Gasteiger partial charge in [0, 0.05) is 69.8 Å². The van der Waals surface area contributed by atoms with Crippen LogP contribution in [0.1, 0.15) is 63.5 Å². The van der Waals surface area contributed by atoms with Gasteiger partial charge in [0.05, 0.1) is 0 Å². The van der Waals surface area contributed by atoms with E-state index in [2.05, 4.69) is 57.2 Å². The summed E-state index contributed by atoms with van der Waals surface area (Å²) in [5, 5.41) is 6.00. The van der Waals surface area contributed by atoms with Crippen LogP contribution in [0.3, 0.4) is 0 Å². The summed E-state index contributed by atoms with van der Waals surface area (Å²) in [7, 11) is 0. The van der Waals surface area contributed by atoms with Crippen molar-refractivity contribution in [2.75, 3.05) is 67.9 Å². The van der Waals surface area contributed by atoms with Gasteiger partial charge in [-0.15, -0.1) is 0 Å². The van der Waals surface area contributed by atoms with Crippen LogP contribution >= 0.6 is 0 Å². The summed E-state index contributed by atoms with van der Waals surface area (Å²) in [6.45, 7) is 12.9. The Labute approximate surface area is 229 Å². The van der Waals surface area contributed by atoms with E-state index in [4.69, 9.17) is 0 Å². The van der Waals surface area contributed by atoms with Crippen LogP contribution in [-0.4, -0.2) is 78.0 Å². The van der Waals surface area contributed by atoms with Crippen LogP contribution in [0.4, 0.5) is 36.3 Å². The van der Waals surface area contributed by atoms with Gasteiger partial charge in [0.2, 0.25) is 11.9 Å². The second-order valence-corrected chi connectivity index (χ2v) is 10.5. The molecule has 0 saturated carbocycles. The number of amides is 1. The maximum absolute atomic E-state index is 13.7. The molecule has 0 aliphatic carbocycles. The van der Waals surface area contributed by atoms with Crippen molar-refractivity contribution in [3.05, 3.63) is 35.5 Å². The van der Waals surface area contributed by atoms with Gasteiger partial charge in [-0.05, 0) is 55.5 Å². The van der Waals surface area contributed by atoms with E-state index < -0.39 is 11.7 Å². The van der Waals surface area contributed by atoms with Gasteiger partial charge in [-0.25, -0.2) is 4.98 Å². The minimum absolute atomic E-state index is 0.0999. The highest BCUT2D eigenvalue weighted by Crippen LogP contribution is 2.35. The monoisotopic (exact) mass is 547 g/mol. The number of hydrogen-bond donors (Lipinski definition) is 2. The predicted molar refractivity (Wildman–Crippen MR) is 149 cm³/mol. The highest BCUT2D eigenvalue weighted by molar-refractivity contribution is 5.76. The number of piperazine rings is 1. The van der Waals surface area contributed by atoms with Crippen molar-refractivity contribution in [1.82, 2.24) is 19.8 Å². The molecule has 2 aliphatic rings. The van der Waals surface area contributed by atoms with E-state index in [1.54, 1.807) is 4.90 Å². The van der Waals surface area contributed by atoms with Crippen LogP contribution in [0.5, 0.6) is 0 Å². The van der Waals surface area contributed by atoms with E-state index in [1.165, 1.54) is 0 Å². The largest absolute Gasteiger partial charge is 0.421 e. The summed E-state index contributed by atoms with van der Waals surface area (Å²) in [6.07, 6.45) is -0.828. The second kappa shape index (κ2) is 12.8. The molecule has 1 amide bonds. The molecule has 1 aromatic heterocycles. The standard InChI is InChI=1S/C28H40F3N7O/c1-4-36-14-16-37(17-15-36)21-9-10-24(22(18-21)20(2)3)34-27-33-19-23(28(29,30)31)26(35-27)32-11-7-13-38-12-6-5-8-25(38)39/h9-10,18-20H,4-8,11-17H2,1-3H3,(H2,32,33,34,35). The molecule has 3 heterocycles. The molecule has 2 aliphatic heterocycles. The molecular formula is C28H40F3N7O. The molecule has 0 spiro atoms. The van der Waals surface area contributed by atoms with Gasteiger partial charge in [0.15, 0.2) is 0 Å². The first-order chi connectivity index (χ1) is 18.7. The van der Waals surface area contributed by atoms with Gasteiger partial charge in [0.1, 0.15) is 11.4 Å². The van der Waals surface area contributed by atoms with Gasteiger partial charge >= 0.3 is 6.18 Å². The molecule has 2 fully saturated rings. The van der Waals surface area contributed by atoms with Gasteiger partial charge in [-0.3, -0.25) is 4.79 Å². The average molecular weight is 548 g/mol. The number of piperidine rings is 1. The number of likely N-dealkylation sites (tertiary alicyclic amines) is 1. The second-order valence-electron chi connectivity index (χ2n) is 10.5. The summed E-state index contributed by atoms with van der Waals surface area (Å²) >= 11 is 0. The van der Waals surface area contributed by atoms with Crippen molar-refractivity contribution < 1.29 is 18.0 Å². The summed E-state index contributed by atoms with van der Waals surface area (Å²) in [5.74, 6) is 0.138. The first-order valence-corrected chi connectivity index (χ1v) is 14.0. The van der Waals surface area contributed by atoms with Crippen molar-refractivity contribution in [3.63, 3.8) is 0 Å². The maximum Gasteiger partial charge on any atom is 0.421 e. The third-order valence-electron chi connectivity index (χ3n) is 7.50. The van der Waals surface area contributed by atoms with Gasteiger partial charge in [0.25, 0.3) is 0 Å². The van der Waals surface area contributed by atoms with E-state index in [9.17, 15) is 18.0 Å². The third kappa shape index (κ3) is 7.52. The van der Waals surface area contributed by atoms with Crippen LogP contribution in [0, 0.1) is 0 Å². The highest BCUT2D eigenvalue weighted by Gasteiger charge is 2.35. The number of benzene rings is 1. The lowest BCUT2D eigenvalue weighted by Gasteiger charge is -2.36. The third-order valence-corrected chi connectivity index (χ3v) is 7.50. The fourth-order valence-corrected chi connectivity index (χ4v) is 5.14. The summed E-state index contributed by atoms with van der Waals surface area (Å²) in [4.78, 5) is 26.8.